The molecule has 0 aromatic heterocycles. The van der Waals surface area contributed by atoms with Crippen LogP contribution in [-0.2, 0) is 12.4 Å². The third kappa shape index (κ3) is 4.12. The summed E-state index contributed by atoms with van der Waals surface area (Å²) in [6.07, 6.45) is -8.78. The van der Waals surface area contributed by atoms with Gasteiger partial charge in [-0.25, -0.2) is 0 Å². The second kappa shape index (κ2) is 5.40. The number of benzene rings is 1. The summed E-state index contributed by atoms with van der Waals surface area (Å²) < 4.78 is 75.5. The van der Waals surface area contributed by atoms with Crippen molar-refractivity contribution in [3.8, 4) is 0 Å². The number of alkyl halides is 6. The predicted octanol–water partition coefficient (Wildman–Crippen LogP) is 4.52. The Labute approximate surface area is 106 Å². The maximum Gasteiger partial charge on any atom is 0.416 e. The second-order valence-corrected chi connectivity index (χ2v) is 4.23. The number of hydrogen-bond acceptors (Lipinski definition) is 1. The van der Waals surface area contributed by atoms with Crippen LogP contribution in [0.2, 0.25) is 0 Å². The Morgan fingerprint density at radius 1 is 0.947 bits per heavy atom. The lowest BCUT2D eigenvalue weighted by atomic mass is 9.97. The molecule has 0 spiro atoms. The van der Waals surface area contributed by atoms with E-state index in [9.17, 15) is 26.3 Å². The molecule has 1 atom stereocenters. The summed E-state index contributed by atoms with van der Waals surface area (Å²) in [5.74, 6) is 0. The van der Waals surface area contributed by atoms with E-state index in [-0.39, 0.29) is 11.6 Å². The summed E-state index contributed by atoms with van der Waals surface area (Å²) in [6, 6.07) is 0.612. The molecule has 7 heteroatoms. The van der Waals surface area contributed by atoms with E-state index < -0.39 is 29.5 Å². The summed E-state index contributed by atoms with van der Waals surface area (Å²) in [6.45, 7) is 1.75. The van der Waals surface area contributed by atoms with Crippen LogP contribution in [0.4, 0.5) is 26.3 Å². The van der Waals surface area contributed by atoms with Gasteiger partial charge in [-0.3, -0.25) is 0 Å². The van der Waals surface area contributed by atoms with Crippen molar-refractivity contribution >= 4 is 0 Å². The first-order valence-electron chi connectivity index (χ1n) is 5.60. The third-order valence-corrected chi connectivity index (χ3v) is 2.64. The topological polar surface area (TPSA) is 26.0 Å². The zero-order valence-corrected chi connectivity index (χ0v) is 10.1. The van der Waals surface area contributed by atoms with Crippen LogP contribution in [-0.4, -0.2) is 0 Å². The summed E-state index contributed by atoms with van der Waals surface area (Å²) in [5.41, 5.74) is 2.79. The molecule has 108 valence electrons. The standard InChI is InChI=1S/C12H13F6N/c1-2-3-10(19)7-4-8(11(13,14)15)6-9(5-7)12(16,17)18/h4-6,10H,2-3,19H2,1H3/t10-/m0/s1. The van der Waals surface area contributed by atoms with Gasteiger partial charge in [-0.2, -0.15) is 26.3 Å². The average Bonchev–Trinajstić information content (AvgIpc) is 2.26. The number of rotatable bonds is 3. The molecule has 0 fully saturated rings. The zero-order valence-electron chi connectivity index (χ0n) is 10.1. The van der Waals surface area contributed by atoms with Gasteiger partial charge >= 0.3 is 12.4 Å². The van der Waals surface area contributed by atoms with E-state index in [1.165, 1.54) is 0 Å². The van der Waals surface area contributed by atoms with Crippen LogP contribution in [0, 0.1) is 0 Å². The molecule has 1 aromatic rings. The Morgan fingerprint density at radius 2 is 1.37 bits per heavy atom. The maximum atomic E-state index is 12.6. The predicted molar refractivity (Wildman–Crippen MR) is 58.3 cm³/mol. The largest absolute Gasteiger partial charge is 0.416 e. The van der Waals surface area contributed by atoms with Gasteiger partial charge in [0.2, 0.25) is 0 Å². The van der Waals surface area contributed by atoms with Crippen LogP contribution in [0.1, 0.15) is 42.5 Å². The van der Waals surface area contributed by atoms with Crippen molar-refractivity contribution in [2.75, 3.05) is 0 Å². The van der Waals surface area contributed by atoms with E-state index in [2.05, 4.69) is 0 Å². The second-order valence-electron chi connectivity index (χ2n) is 4.23. The molecule has 0 aliphatic heterocycles. The lowest BCUT2D eigenvalue weighted by Crippen LogP contribution is -2.16. The summed E-state index contributed by atoms with van der Waals surface area (Å²) in [4.78, 5) is 0. The molecule has 0 saturated heterocycles. The fourth-order valence-electron chi connectivity index (χ4n) is 1.67. The minimum absolute atomic E-state index is 0.0994. The molecule has 0 amide bonds. The van der Waals surface area contributed by atoms with Gasteiger partial charge < -0.3 is 5.73 Å². The van der Waals surface area contributed by atoms with E-state index in [1.807, 2.05) is 0 Å². The molecule has 1 aromatic carbocycles. The van der Waals surface area contributed by atoms with Crippen LogP contribution in [0.15, 0.2) is 18.2 Å². The molecule has 1 rings (SSSR count). The highest BCUT2D eigenvalue weighted by molar-refractivity contribution is 5.35. The monoisotopic (exact) mass is 285 g/mol. The van der Waals surface area contributed by atoms with Crippen LogP contribution in [0.5, 0.6) is 0 Å². The van der Waals surface area contributed by atoms with E-state index >= 15 is 0 Å². The van der Waals surface area contributed by atoms with Crippen LogP contribution in [0.25, 0.3) is 0 Å². The van der Waals surface area contributed by atoms with Gasteiger partial charge in [-0.1, -0.05) is 13.3 Å². The molecule has 0 aliphatic carbocycles. The van der Waals surface area contributed by atoms with Gasteiger partial charge in [0.25, 0.3) is 0 Å². The SMILES string of the molecule is CCC[C@H](N)c1cc(C(F)(F)F)cc(C(F)(F)F)c1. The van der Waals surface area contributed by atoms with E-state index in [0.29, 0.717) is 25.0 Å². The lowest BCUT2D eigenvalue weighted by Gasteiger charge is -2.17. The molecule has 1 nitrogen and oxygen atoms in total. The van der Waals surface area contributed by atoms with Crippen molar-refractivity contribution in [1.29, 1.82) is 0 Å². The van der Waals surface area contributed by atoms with Gasteiger partial charge in [-0.05, 0) is 30.2 Å². The Bertz CT molecular complexity index is 403. The van der Waals surface area contributed by atoms with E-state index in [1.54, 1.807) is 6.92 Å². The highest BCUT2D eigenvalue weighted by atomic mass is 19.4. The lowest BCUT2D eigenvalue weighted by molar-refractivity contribution is -0.143. The molecule has 0 unspecified atom stereocenters. The molecule has 0 bridgehead atoms. The maximum absolute atomic E-state index is 12.6. The zero-order chi connectivity index (χ0) is 14.8. The van der Waals surface area contributed by atoms with Crippen LogP contribution < -0.4 is 5.73 Å². The number of hydrogen-bond donors (Lipinski definition) is 1. The summed E-state index contributed by atoms with van der Waals surface area (Å²) >= 11 is 0. The molecule has 0 radical (unpaired) electrons. The Kier molecular flexibility index (Phi) is 4.50. The first kappa shape index (κ1) is 15.8. The normalized spacial score (nSPS) is 14.5. The van der Waals surface area contributed by atoms with Crippen molar-refractivity contribution in [3.05, 3.63) is 34.9 Å². The first-order valence-corrected chi connectivity index (χ1v) is 5.60. The summed E-state index contributed by atoms with van der Waals surface area (Å²) in [5, 5.41) is 0. The van der Waals surface area contributed by atoms with E-state index in [4.69, 9.17) is 5.73 Å². The smallest absolute Gasteiger partial charge is 0.324 e. The van der Waals surface area contributed by atoms with Gasteiger partial charge in [0.15, 0.2) is 0 Å². The van der Waals surface area contributed by atoms with Gasteiger partial charge in [-0.15, -0.1) is 0 Å². The van der Waals surface area contributed by atoms with Crippen molar-refractivity contribution in [1.82, 2.24) is 0 Å². The fraction of sp³-hybridized carbons (Fsp3) is 0.500. The minimum atomic E-state index is -4.83. The van der Waals surface area contributed by atoms with Gasteiger partial charge in [0.1, 0.15) is 0 Å². The average molecular weight is 285 g/mol. The number of halogens is 6. The fourth-order valence-corrected chi connectivity index (χ4v) is 1.67. The molecule has 0 aliphatic rings. The molecule has 2 N–H and O–H groups in total. The Hall–Kier alpha value is -1.24. The third-order valence-electron chi connectivity index (χ3n) is 2.64. The first-order chi connectivity index (χ1) is 8.55. The van der Waals surface area contributed by atoms with E-state index in [0.717, 1.165) is 0 Å². The van der Waals surface area contributed by atoms with Crippen LogP contribution in [0.3, 0.4) is 0 Å². The van der Waals surface area contributed by atoms with Crippen molar-refractivity contribution in [3.63, 3.8) is 0 Å². The summed E-state index contributed by atoms with van der Waals surface area (Å²) in [7, 11) is 0. The Morgan fingerprint density at radius 3 is 1.68 bits per heavy atom. The Balaban J connectivity index is 3.33. The van der Waals surface area contributed by atoms with Gasteiger partial charge in [0, 0.05) is 6.04 Å². The van der Waals surface area contributed by atoms with Gasteiger partial charge in [0.05, 0.1) is 11.1 Å². The van der Waals surface area contributed by atoms with Crippen molar-refractivity contribution in [2.24, 2.45) is 5.73 Å². The molecule has 0 saturated carbocycles. The number of nitrogens with two attached hydrogens (primary N) is 1. The molecular formula is C12H13F6N. The molecular weight excluding hydrogens is 272 g/mol. The highest BCUT2D eigenvalue weighted by Gasteiger charge is 2.37. The van der Waals surface area contributed by atoms with Crippen molar-refractivity contribution in [2.45, 2.75) is 38.2 Å². The molecule has 0 heterocycles. The molecule has 19 heavy (non-hydrogen) atoms. The highest BCUT2D eigenvalue weighted by Crippen LogP contribution is 2.37. The minimum Gasteiger partial charge on any atom is -0.324 e. The van der Waals surface area contributed by atoms with Crippen LogP contribution >= 0.6 is 0 Å². The quantitative estimate of drug-likeness (QED) is 0.812. The van der Waals surface area contributed by atoms with Crippen molar-refractivity contribution < 1.29 is 26.3 Å².